The molecule has 0 saturated carbocycles. The summed E-state index contributed by atoms with van der Waals surface area (Å²) >= 11 is 5.79. The van der Waals surface area contributed by atoms with Crippen LogP contribution in [-0.4, -0.2) is 66.0 Å². The Morgan fingerprint density at radius 3 is 1.91 bits per heavy atom. The van der Waals surface area contributed by atoms with Gasteiger partial charge in [-0.3, -0.25) is 4.90 Å². The summed E-state index contributed by atoms with van der Waals surface area (Å²) in [5.74, 6) is -3.65. The smallest absolute Gasteiger partial charge is 0.416 e. The lowest BCUT2D eigenvalue weighted by atomic mass is 10.1. The lowest BCUT2D eigenvalue weighted by Crippen LogP contribution is -2.48. The monoisotopic (exact) mass is 508 g/mol. The van der Waals surface area contributed by atoms with E-state index in [1.54, 1.807) is 6.07 Å². The number of halogens is 4. The van der Waals surface area contributed by atoms with E-state index in [0.717, 1.165) is 6.07 Å². The summed E-state index contributed by atoms with van der Waals surface area (Å²) < 4.78 is 66.0. The maximum absolute atomic E-state index is 13.1. The van der Waals surface area contributed by atoms with Gasteiger partial charge in [-0.05, 0) is 35.9 Å². The topological polar surface area (TPSA) is 115 Å². The largest absolute Gasteiger partial charge is 0.473 e. The lowest BCUT2D eigenvalue weighted by Gasteiger charge is -2.34. The van der Waals surface area contributed by atoms with E-state index in [1.807, 2.05) is 4.90 Å². The number of carboxylic acids is 2. The van der Waals surface area contributed by atoms with Crippen molar-refractivity contribution in [3.05, 3.63) is 64.7 Å². The molecule has 8 nitrogen and oxygen atoms in total. The Morgan fingerprint density at radius 1 is 0.909 bits per heavy atom. The predicted molar refractivity (Wildman–Crippen MR) is 112 cm³/mol. The van der Waals surface area contributed by atoms with Gasteiger partial charge in [-0.2, -0.15) is 17.5 Å². The van der Waals surface area contributed by atoms with Crippen LogP contribution in [0.2, 0.25) is 5.02 Å². The number of sulfonamides is 1. The van der Waals surface area contributed by atoms with E-state index in [0.29, 0.717) is 18.1 Å². The molecule has 2 N–H and O–H groups in total. The second kappa shape index (κ2) is 11.0. The Morgan fingerprint density at radius 2 is 1.42 bits per heavy atom. The van der Waals surface area contributed by atoms with Crippen LogP contribution in [0, 0.1) is 0 Å². The molecule has 1 aliphatic heterocycles. The third-order valence-corrected chi connectivity index (χ3v) is 6.85. The van der Waals surface area contributed by atoms with Crippen molar-refractivity contribution in [2.45, 2.75) is 17.6 Å². The van der Waals surface area contributed by atoms with E-state index in [1.165, 1.54) is 40.7 Å². The first-order chi connectivity index (χ1) is 15.3. The van der Waals surface area contributed by atoms with Crippen LogP contribution in [-0.2, 0) is 32.3 Å². The van der Waals surface area contributed by atoms with E-state index >= 15 is 0 Å². The first-order valence-electron chi connectivity index (χ1n) is 9.41. The fraction of sp³-hybridized carbons (Fsp3) is 0.300. The average molecular weight is 509 g/mol. The summed E-state index contributed by atoms with van der Waals surface area (Å²) in [5, 5.41) is 15.2. The maximum atomic E-state index is 13.1. The van der Waals surface area contributed by atoms with E-state index in [9.17, 15) is 21.6 Å². The van der Waals surface area contributed by atoms with Crippen molar-refractivity contribution >= 4 is 33.6 Å². The third kappa shape index (κ3) is 7.42. The minimum Gasteiger partial charge on any atom is -0.473 e. The Kier molecular flexibility index (Phi) is 8.83. The van der Waals surface area contributed by atoms with Crippen LogP contribution in [0.25, 0.3) is 0 Å². The zero-order valence-corrected chi connectivity index (χ0v) is 18.6. The van der Waals surface area contributed by atoms with Crippen LogP contribution < -0.4 is 0 Å². The van der Waals surface area contributed by atoms with Gasteiger partial charge < -0.3 is 10.2 Å². The van der Waals surface area contributed by atoms with Crippen LogP contribution in [0.5, 0.6) is 0 Å². The van der Waals surface area contributed by atoms with Crippen molar-refractivity contribution in [1.29, 1.82) is 0 Å². The Hall–Kier alpha value is -2.67. The highest BCUT2D eigenvalue weighted by Crippen LogP contribution is 2.32. The fourth-order valence-corrected chi connectivity index (χ4v) is 4.61. The van der Waals surface area contributed by atoms with Crippen molar-refractivity contribution in [3.63, 3.8) is 0 Å². The molecule has 0 spiro atoms. The Labute approximate surface area is 192 Å². The number of alkyl halides is 3. The molecule has 180 valence electrons. The molecule has 1 heterocycles. The van der Waals surface area contributed by atoms with Gasteiger partial charge in [-0.15, -0.1) is 0 Å². The van der Waals surface area contributed by atoms with Crippen molar-refractivity contribution in [1.82, 2.24) is 9.21 Å². The summed E-state index contributed by atoms with van der Waals surface area (Å²) in [4.78, 5) is 20.2. The van der Waals surface area contributed by atoms with Gasteiger partial charge in [0.15, 0.2) is 0 Å². The highest BCUT2D eigenvalue weighted by Gasteiger charge is 2.34. The highest BCUT2D eigenvalue weighted by atomic mass is 35.5. The van der Waals surface area contributed by atoms with Crippen LogP contribution in [0.15, 0.2) is 53.4 Å². The average Bonchev–Trinajstić information content (AvgIpc) is 2.74. The first kappa shape index (κ1) is 26.6. The lowest BCUT2D eigenvalue weighted by molar-refractivity contribution is -0.159. The summed E-state index contributed by atoms with van der Waals surface area (Å²) in [6.45, 7) is 1.29. The molecule has 0 aliphatic carbocycles. The zero-order chi connectivity index (χ0) is 24.8. The third-order valence-electron chi connectivity index (χ3n) is 4.68. The molecule has 0 radical (unpaired) electrons. The molecule has 1 aliphatic rings. The molecular weight excluding hydrogens is 489 g/mol. The van der Waals surface area contributed by atoms with Crippen molar-refractivity contribution in [2.24, 2.45) is 0 Å². The van der Waals surface area contributed by atoms with Gasteiger partial charge in [-0.1, -0.05) is 29.8 Å². The van der Waals surface area contributed by atoms with Gasteiger partial charge in [0.1, 0.15) is 0 Å². The van der Waals surface area contributed by atoms with Gasteiger partial charge in [0.05, 0.1) is 10.5 Å². The molecule has 1 fully saturated rings. The van der Waals surface area contributed by atoms with Gasteiger partial charge in [0.25, 0.3) is 0 Å². The van der Waals surface area contributed by atoms with Gasteiger partial charge in [0.2, 0.25) is 10.0 Å². The molecule has 0 aromatic heterocycles. The second-order valence-electron chi connectivity index (χ2n) is 6.90. The second-order valence-corrected chi connectivity index (χ2v) is 9.27. The molecule has 1 saturated heterocycles. The molecule has 13 heteroatoms. The van der Waals surface area contributed by atoms with E-state index in [-0.39, 0.29) is 30.1 Å². The minimum atomic E-state index is -4.41. The minimum absolute atomic E-state index is 0.129. The number of rotatable bonds is 4. The summed E-state index contributed by atoms with van der Waals surface area (Å²) in [6, 6.07) is 11.4. The van der Waals surface area contributed by atoms with Gasteiger partial charge in [0, 0.05) is 37.7 Å². The molecular formula is C20H20ClF3N2O6S. The van der Waals surface area contributed by atoms with E-state index in [4.69, 9.17) is 31.4 Å². The molecule has 0 amide bonds. The maximum Gasteiger partial charge on any atom is 0.416 e. The SMILES string of the molecule is O=C(O)C(=O)O.O=S(=O)(c1ccc(Cl)cc1)N1CCN(Cc2ccccc2C(F)(F)F)CC1. The number of piperazine rings is 1. The molecule has 2 aromatic carbocycles. The highest BCUT2D eigenvalue weighted by molar-refractivity contribution is 7.89. The van der Waals surface area contributed by atoms with Crippen molar-refractivity contribution in [2.75, 3.05) is 26.2 Å². The van der Waals surface area contributed by atoms with Crippen molar-refractivity contribution < 1.29 is 41.4 Å². The fourth-order valence-electron chi connectivity index (χ4n) is 3.06. The number of aliphatic carboxylic acids is 2. The summed E-state index contributed by atoms with van der Waals surface area (Å²) in [7, 11) is -3.64. The van der Waals surface area contributed by atoms with E-state index in [2.05, 4.69) is 0 Å². The number of hydrogen-bond donors (Lipinski definition) is 2. The Balaban J connectivity index is 0.000000569. The quantitative estimate of drug-likeness (QED) is 0.610. The number of benzene rings is 2. The number of carboxylic acid groups (broad SMARTS) is 2. The molecule has 0 bridgehead atoms. The predicted octanol–water partition coefficient (Wildman–Crippen LogP) is 3.02. The molecule has 0 atom stereocenters. The number of carbonyl (C=O) groups is 2. The van der Waals surface area contributed by atoms with Gasteiger partial charge in [-0.25, -0.2) is 18.0 Å². The van der Waals surface area contributed by atoms with Gasteiger partial charge >= 0.3 is 18.1 Å². The van der Waals surface area contributed by atoms with Crippen LogP contribution in [0.4, 0.5) is 13.2 Å². The van der Waals surface area contributed by atoms with Crippen LogP contribution in [0.3, 0.4) is 0 Å². The Bertz CT molecular complexity index is 1070. The molecule has 33 heavy (non-hydrogen) atoms. The molecule has 2 aromatic rings. The number of hydrogen-bond acceptors (Lipinski definition) is 5. The summed E-state index contributed by atoms with van der Waals surface area (Å²) in [6.07, 6.45) is -4.41. The van der Waals surface area contributed by atoms with Crippen LogP contribution >= 0.6 is 11.6 Å². The molecule has 3 rings (SSSR count). The molecule has 0 unspecified atom stereocenters. The van der Waals surface area contributed by atoms with Crippen molar-refractivity contribution in [3.8, 4) is 0 Å². The summed E-state index contributed by atoms with van der Waals surface area (Å²) in [5.41, 5.74) is -0.458. The first-order valence-corrected chi connectivity index (χ1v) is 11.2. The zero-order valence-electron chi connectivity index (χ0n) is 17.0. The normalized spacial score (nSPS) is 15.4. The number of nitrogens with zero attached hydrogens (tertiary/aromatic N) is 2. The van der Waals surface area contributed by atoms with Crippen LogP contribution in [0.1, 0.15) is 11.1 Å². The standard InChI is InChI=1S/C18H18ClF3N2O2S.C2H2O4/c19-15-5-7-16(8-6-15)27(25,26)24-11-9-23(10-12-24)13-14-3-1-2-4-17(14)18(20,21)22;3-1(4)2(5)6/h1-8H,9-13H2;(H,3,4)(H,5,6). The van der Waals surface area contributed by atoms with E-state index < -0.39 is 33.7 Å².